The summed E-state index contributed by atoms with van der Waals surface area (Å²) < 4.78 is 0. The molecule has 0 fully saturated rings. The highest BCUT2D eigenvalue weighted by Crippen LogP contribution is 2.31. The summed E-state index contributed by atoms with van der Waals surface area (Å²) in [6.45, 7) is 7.41. The second kappa shape index (κ2) is 4.26. The molecule has 0 aliphatic rings. The fourth-order valence-electron chi connectivity index (χ4n) is 1.91. The zero-order valence-electron chi connectivity index (χ0n) is 10.1. The third-order valence-corrected chi connectivity index (χ3v) is 3.22. The summed E-state index contributed by atoms with van der Waals surface area (Å²) in [6.07, 6.45) is -1.40. The monoisotopic (exact) mass is 222 g/mol. The van der Waals surface area contributed by atoms with Crippen molar-refractivity contribution in [2.45, 2.75) is 39.2 Å². The predicted molar refractivity (Wildman–Crippen MR) is 62.6 cm³/mol. The van der Waals surface area contributed by atoms with Crippen LogP contribution in [0.2, 0.25) is 0 Å². The van der Waals surface area contributed by atoms with Crippen LogP contribution in [0, 0.1) is 13.8 Å². The number of carboxylic acid groups (broad SMARTS) is 1. The highest BCUT2D eigenvalue weighted by Gasteiger charge is 2.36. The minimum absolute atomic E-state index is 0.790. The first-order chi connectivity index (χ1) is 7.28. The van der Waals surface area contributed by atoms with Crippen molar-refractivity contribution in [2.24, 2.45) is 0 Å². The van der Waals surface area contributed by atoms with E-state index in [0.29, 0.717) is 0 Å². The first-order valence-corrected chi connectivity index (χ1v) is 5.26. The van der Waals surface area contributed by atoms with Crippen LogP contribution in [0.15, 0.2) is 18.2 Å². The van der Waals surface area contributed by atoms with Gasteiger partial charge in [0.2, 0.25) is 0 Å². The maximum absolute atomic E-state index is 10.9. The Bertz CT molecular complexity index is 408. The molecule has 0 saturated carbocycles. The van der Waals surface area contributed by atoms with Gasteiger partial charge in [-0.3, -0.25) is 0 Å². The molecule has 0 bridgehead atoms. The Hall–Kier alpha value is -1.35. The number of carbonyl (C=O) groups is 1. The van der Waals surface area contributed by atoms with Crippen molar-refractivity contribution < 1.29 is 15.0 Å². The molecule has 3 nitrogen and oxygen atoms in total. The number of rotatable bonds is 3. The Labute approximate surface area is 95.7 Å². The molecule has 0 aliphatic carbocycles. The van der Waals surface area contributed by atoms with E-state index < -0.39 is 17.5 Å². The van der Waals surface area contributed by atoms with Gasteiger partial charge < -0.3 is 10.2 Å². The largest absolute Gasteiger partial charge is 0.479 e. The van der Waals surface area contributed by atoms with E-state index in [1.54, 1.807) is 13.8 Å². The van der Waals surface area contributed by atoms with E-state index in [2.05, 4.69) is 0 Å². The van der Waals surface area contributed by atoms with Crippen molar-refractivity contribution in [2.75, 3.05) is 0 Å². The van der Waals surface area contributed by atoms with Crippen LogP contribution in [-0.2, 0) is 10.2 Å². The number of aryl methyl sites for hydroxylation is 1. The summed E-state index contributed by atoms with van der Waals surface area (Å²) in [5.74, 6) is -1.19. The Morgan fingerprint density at radius 1 is 1.31 bits per heavy atom. The fourth-order valence-corrected chi connectivity index (χ4v) is 1.91. The maximum Gasteiger partial charge on any atom is 0.333 e. The molecule has 0 aliphatic heterocycles. The lowest BCUT2D eigenvalue weighted by Crippen LogP contribution is -2.40. The number of aliphatic carboxylic acids is 1. The molecule has 1 rings (SSSR count). The van der Waals surface area contributed by atoms with Crippen molar-refractivity contribution >= 4 is 5.97 Å². The average Bonchev–Trinajstić information content (AvgIpc) is 2.20. The molecule has 1 aromatic rings. The highest BCUT2D eigenvalue weighted by atomic mass is 16.4. The number of aliphatic hydroxyl groups is 1. The molecular formula is C13H18O3. The predicted octanol–water partition coefficient (Wildman–Crippen LogP) is 2.03. The van der Waals surface area contributed by atoms with Gasteiger partial charge in [0.15, 0.2) is 6.10 Å². The minimum atomic E-state index is -1.40. The van der Waals surface area contributed by atoms with Crippen LogP contribution in [0.3, 0.4) is 0 Å². The van der Waals surface area contributed by atoms with Crippen LogP contribution in [0.1, 0.15) is 30.5 Å². The zero-order chi connectivity index (χ0) is 12.5. The number of carboxylic acids is 1. The molecule has 0 aromatic heterocycles. The lowest BCUT2D eigenvalue weighted by Gasteiger charge is -2.30. The van der Waals surface area contributed by atoms with Crippen molar-refractivity contribution in [1.82, 2.24) is 0 Å². The quantitative estimate of drug-likeness (QED) is 0.822. The lowest BCUT2D eigenvalue weighted by atomic mass is 9.76. The lowest BCUT2D eigenvalue weighted by molar-refractivity contribution is -0.150. The van der Waals surface area contributed by atoms with Crippen molar-refractivity contribution in [3.05, 3.63) is 34.9 Å². The van der Waals surface area contributed by atoms with Crippen molar-refractivity contribution in [3.8, 4) is 0 Å². The summed E-state index contributed by atoms with van der Waals surface area (Å²) in [5, 5.41) is 18.6. The molecule has 0 amide bonds. The summed E-state index contributed by atoms with van der Waals surface area (Å²) in [7, 11) is 0. The molecule has 16 heavy (non-hydrogen) atoms. The number of aliphatic hydroxyl groups excluding tert-OH is 1. The van der Waals surface area contributed by atoms with Gasteiger partial charge in [-0.25, -0.2) is 4.79 Å². The van der Waals surface area contributed by atoms with Gasteiger partial charge in [-0.2, -0.15) is 0 Å². The van der Waals surface area contributed by atoms with E-state index >= 15 is 0 Å². The first kappa shape index (κ1) is 12.7. The molecule has 0 spiro atoms. The summed E-state index contributed by atoms with van der Waals surface area (Å²) in [5.41, 5.74) is 2.22. The summed E-state index contributed by atoms with van der Waals surface area (Å²) in [6, 6.07) is 5.73. The Morgan fingerprint density at radius 2 is 1.88 bits per heavy atom. The van der Waals surface area contributed by atoms with E-state index in [-0.39, 0.29) is 0 Å². The van der Waals surface area contributed by atoms with Crippen molar-refractivity contribution in [3.63, 3.8) is 0 Å². The van der Waals surface area contributed by atoms with E-state index in [4.69, 9.17) is 5.11 Å². The standard InChI is InChI=1S/C13H18O3/c1-8-6-5-7-10(9(8)2)13(3,4)11(14)12(15)16/h5-7,11,14H,1-4H3,(H,15,16). The third kappa shape index (κ3) is 2.09. The fraction of sp³-hybridized carbons (Fsp3) is 0.462. The maximum atomic E-state index is 10.9. The normalized spacial score (nSPS) is 13.6. The molecule has 0 saturated heterocycles. The second-order valence-electron chi connectivity index (χ2n) is 4.71. The van der Waals surface area contributed by atoms with Gasteiger partial charge in [0.05, 0.1) is 0 Å². The van der Waals surface area contributed by atoms with E-state index in [1.807, 2.05) is 32.0 Å². The summed E-state index contributed by atoms with van der Waals surface area (Å²) >= 11 is 0. The zero-order valence-corrected chi connectivity index (χ0v) is 10.1. The smallest absolute Gasteiger partial charge is 0.333 e. The van der Waals surface area contributed by atoms with Crippen molar-refractivity contribution in [1.29, 1.82) is 0 Å². The van der Waals surface area contributed by atoms with Gasteiger partial charge >= 0.3 is 5.97 Å². The minimum Gasteiger partial charge on any atom is -0.479 e. The SMILES string of the molecule is Cc1cccc(C(C)(C)C(O)C(=O)O)c1C. The van der Waals surface area contributed by atoms with Gasteiger partial charge in [-0.05, 0) is 30.5 Å². The molecule has 2 N–H and O–H groups in total. The van der Waals surface area contributed by atoms with Gasteiger partial charge in [-0.1, -0.05) is 32.0 Å². The molecule has 88 valence electrons. The van der Waals surface area contributed by atoms with Gasteiger partial charge in [-0.15, -0.1) is 0 Å². The molecule has 0 heterocycles. The van der Waals surface area contributed by atoms with E-state index in [9.17, 15) is 9.90 Å². The highest BCUT2D eigenvalue weighted by molar-refractivity contribution is 5.74. The number of benzene rings is 1. The second-order valence-corrected chi connectivity index (χ2v) is 4.71. The Balaban J connectivity index is 3.26. The van der Waals surface area contributed by atoms with E-state index in [1.165, 1.54) is 0 Å². The van der Waals surface area contributed by atoms with Crippen LogP contribution >= 0.6 is 0 Å². The van der Waals surface area contributed by atoms with Gasteiger partial charge in [0.1, 0.15) is 0 Å². The van der Waals surface area contributed by atoms with Gasteiger partial charge in [0, 0.05) is 5.41 Å². The molecule has 1 aromatic carbocycles. The number of hydrogen-bond acceptors (Lipinski definition) is 2. The topological polar surface area (TPSA) is 57.5 Å². The molecule has 0 radical (unpaired) electrons. The molecule has 1 atom stereocenters. The van der Waals surface area contributed by atoms with Crippen LogP contribution in [-0.4, -0.2) is 22.3 Å². The molecule has 1 unspecified atom stereocenters. The van der Waals surface area contributed by atoms with Crippen LogP contribution in [0.4, 0.5) is 0 Å². The average molecular weight is 222 g/mol. The first-order valence-electron chi connectivity index (χ1n) is 5.26. The number of hydrogen-bond donors (Lipinski definition) is 2. The Morgan fingerprint density at radius 3 is 2.38 bits per heavy atom. The third-order valence-electron chi connectivity index (χ3n) is 3.22. The molecular weight excluding hydrogens is 204 g/mol. The van der Waals surface area contributed by atoms with Gasteiger partial charge in [0.25, 0.3) is 0 Å². The van der Waals surface area contributed by atoms with E-state index in [0.717, 1.165) is 16.7 Å². The summed E-state index contributed by atoms with van der Waals surface area (Å²) in [4.78, 5) is 10.9. The van der Waals surface area contributed by atoms with Crippen LogP contribution in [0.25, 0.3) is 0 Å². The Kier molecular flexibility index (Phi) is 3.38. The molecule has 3 heteroatoms. The van der Waals surface area contributed by atoms with Crippen LogP contribution < -0.4 is 0 Å². The van der Waals surface area contributed by atoms with Crippen LogP contribution in [0.5, 0.6) is 0 Å².